The molecule has 4 nitrogen and oxygen atoms in total. The molecule has 5 heteroatoms. The van der Waals surface area contributed by atoms with Crippen molar-refractivity contribution >= 4 is 21.7 Å². The Morgan fingerprint density at radius 1 is 1.33 bits per heavy atom. The van der Waals surface area contributed by atoms with Gasteiger partial charge in [-0.15, -0.1) is 5.10 Å². The van der Waals surface area contributed by atoms with Gasteiger partial charge in [-0.3, -0.25) is 4.79 Å². The summed E-state index contributed by atoms with van der Waals surface area (Å²) < 4.78 is 2.68. The molecule has 1 aromatic heterocycles. The van der Waals surface area contributed by atoms with Gasteiger partial charge in [-0.25, -0.2) is 4.68 Å². The number of aryl methyl sites for hydroxylation is 1. The number of carbonyl (C=O) groups is 1. The number of hydrogen-bond donors (Lipinski definition) is 0. The highest BCUT2D eigenvalue weighted by molar-refractivity contribution is 9.10. The van der Waals surface area contributed by atoms with Crippen LogP contribution >= 0.6 is 15.9 Å². The van der Waals surface area contributed by atoms with E-state index in [-0.39, 0.29) is 5.78 Å². The van der Waals surface area contributed by atoms with Gasteiger partial charge in [0.25, 0.3) is 0 Å². The van der Waals surface area contributed by atoms with E-state index < -0.39 is 0 Å². The first-order chi connectivity index (χ1) is 8.70. The Hall–Kier alpha value is -1.49. The second kappa shape index (κ2) is 5.91. The molecule has 0 atom stereocenters. The number of benzene rings is 1. The molecule has 0 unspecified atom stereocenters. The highest BCUT2D eigenvalue weighted by Crippen LogP contribution is 2.12. The molecule has 18 heavy (non-hydrogen) atoms. The Labute approximate surface area is 114 Å². The van der Waals surface area contributed by atoms with Crippen molar-refractivity contribution in [2.45, 2.75) is 26.3 Å². The van der Waals surface area contributed by atoms with Crippen LogP contribution < -0.4 is 0 Å². The monoisotopic (exact) mass is 307 g/mol. The van der Waals surface area contributed by atoms with E-state index in [1.165, 1.54) is 6.20 Å². The average molecular weight is 308 g/mol. The molecule has 0 aliphatic carbocycles. The van der Waals surface area contributed by atoms with Crippen LogP contribution in [0.15, 0.2) is 34.9 Å². The van der Waals surface area contributed by atoms with E-state index in [2.05, 4.69) is 26.2 Å². The molecule has 1 aromatic carbocycles. The first-order valence-electron chi connectivity index (χ1n) is 5.87. The largest absolute Gasteiger partial charge is 0.292 e. The lowest BCUT2D eigenvalue weighted by Gasteiger charge is -2.04. The molecule has 2 rings (SSSR count). The van der Waals surface area contributed by atoms with Crippen molar-refractivity contribution < 1.29 is 4.79 Å². The maximum Gasteiger partial charge on any atom is 0.186 e. The van der Waals surface area contributed by atoms with Gasteiger partial charge >= 0.3 is 0 Å². The standard InChI is InChI=1S/C13H14BrN3O/c1-2-7-17-12(9-15-16-17)13(18)8-10-3-5-11(14)6-4-10/h3-6,9H,2,7-8H2,1H3. The Morgan fingerprint density at radius 2 is 2.06 bits per heavy atom. The first kappa shape index (κ1) is 13.0. The Kier molecular flexibility index (Phi) is 4.25. The highest BCUT2D eigenvalue weighted by atomic mass is 79.9. The van der Waals surface area contributed by atoms with Crippen LogP contribution in [0.5, 0.6) is 0 Å². The van der Waals surface area contributed by atoms with Crippen LogP contribution in [0.1, 0.15) is 29.4 Å². The number of hydrogen-bond acceptors (Lipinski definition) is 3. The predicted molar refractivity (Wildman–Crippen MR) is 72.5 cm³/mol. The third-order valence-electron chi connectivity index (χ3n) is 2.62. The van der Waals surface area contributed by atoms with Crippen molar-refractivity contribution in [2.75, 3.05) is 0 Å². The topological polar surface area (TPSA) is 47.8 Å². The average Bonchev–Trinajstić information content (AvgIpc) is 2.81. The van der Waals surface area contributed by atoms with E-state index in [9.17, 15) is 4.79 Å². The smallest absolute Gasteiger partial charge is 0.186 e. The highest BCUT2D eigenvalue weighted by Gasteiger charge is 2.13. The van der Waals surface area contributed by atoms with Gasteiger partial charge in [0.2, 0.25) is 0 Å². The lowest BCUT2D eigenvalue weighted by molar-refractivity contribution is 0.0982. The van der Waals surface area contributed by atoms with Crippen LogP contribution in [0.4, 0.5) is 0 Å². The van der Waals surface area contributed by atoms with E-state index in [0.717, 1.165) is 23.0 Å². The van der Waals surface area contributed by atoms with Crippen LogP contribution in [0.2, 0.25) is 0 Å². The Morgan fingerprint density at radius 3 is 2.72 bits per heavy atom. The van der Waals surface area contributed by atoms with Crippen molar-refractivity contribution in [3.63, 3.8) is 0 Å². The summed E-state index contributed by atoms with van der Waals surface area (Å²) in [4.78, 5) is 12.1. The fourth-order valence-corrected chi connectivity index (χ4v) is 1.99. The van der Waals surface area contributed by atoms with Crippen molar-refractivity contribution in [3.05, 3.63) is 46.2 Å². The van der Waals surface area contributed by atoms with Gasteiger partial charge in [0.15, 0.2) is 5.78 Å². The van der Waals surface area contributed by atoms with E-state index >= 15 is 0 Å². The zero-order chi connectivity index (χ0) is 13.0. The summed E-state index contributed by atoms with van der Waals surface area (Å²) in [5, 5.41) is 7.72. The Balaban J connectivity index is 2.11. The summed E-state index contributed by atoms with van der Waals surface area (Å²) >= 11 is 3.37. The number of halogens is 1. The molecular formula is C13H14BrN3O. The molecule has 1 heterocycles. The van der Waals surface area contributed by atoms with Gasteiger partial charge in [-0.05, 0) is 24.1 Å². The summed E-state index contributed by atoms with van der Waals surface area (Å²) in [5.41, 5.74) is 1.58. The number of aromatic nitrogens is 3. The molecule has 0 aliphatic heterocycles. The molecule has 0 fully saturated rings. The van der Waals surface area contributed by atoms with E-state index in [1.54, 1.807) is 4.68 Å². The lowest BCUT2D eigenvalue weighted by atomic mass is 10.1. The van der Waals surface area contributed by atoms with Crippen LogP contribution in [0.3, 0.4) is 0 Å². The summed E-state index contributed by atoms with van der Waals surface area (Å²) in [6.07, 6.45) is 2.85. The zero-order valence-electron chi connectivity index (χ0n) is 10.1. The molecule has 0 spiro atoms. The molecular weight excluding hydrogens is 294 g/mol. The molecule has 0 saturated heterocycles. The van der Waals surface area contributed by atoms with Crippen LogP contribution in [-0.4, -0.2) is 20.8 Å². The summed E-state index contributed by atoms with van der Waals surface area (Å²) in [7, 11) is 0. The van der Waals surface area contributed by atoms with Crippen molar-refractivity contribution in [1.82, 2.24) is 15.0 Å². The minimum atomic E-state index is 0.0516. The van der Waals surface area contributed by atoms with Crippen molar-refractivity contribution in [2.24, 2.45) is 0 Å². The molecule has 94 valence electrons. The minimum absolute atomic E-state index is 0.0516. The van der Waals surface area contributed by atoms with Gasteiger partial charge < -0.3 is 0 Å². The van der Waals surface area contributed by atoms with E-state index in [1.807, 2.05) is 31.2 Å². The maximum absolute atomic E-state index is 12.1. The first-order valence-corrected chi connectivity index (χ1v) is 6.66. The SMILES string of the molecule is CCCn1nncc1C(=O)Cc1ccc(Br)cc1. The quantitative estimate of drug-likeness (QED) is 0.798. The maximum atomic E-state index is 12.1. The number of Topliss-reactive ketones (excluding diaryl/α,β-unsaturated/α-hetero) is 1. The number of nitrogens with zero attached hydrogens (tertiary/aromatic N) is 3. The fourth-order valence-electron chi connectivity index (χ4n) is 1.73. The number of rotatable bonds is 5. The fraction of sp³-hybridized carbons (Fsp3) is 0.308. The van der Waals surface area contributed by atoms with Gasteiger partial charge in [-0.2, -0.15) is 0 Å². The molecule has 2 aromatic rings. The van der Waals surface area contributed by atoms with Crippen molar-refractivity contribution in [3.8, 4) is 0 Å². The van der Waals surface area contributed by atoms with Gasteiger partial charge in [0.05, 0.1) is 6.20 Å². The molecule has 0 bridgehead atoms. The molecule has 0 saturated carbocycles. The predicted octanol–water partition coefficient (Wildman–Crippen LogP) is 2.88. The lowest BCUT2D eigenvalue weighted by Crippen LogP contribution is -2.12. The Bertz CT molecular complexity index is 533. The second-order valence-electron chi connectivity index (χ2n) is 4.07. The summed E-state index contributed by atoms with van der Waals surface area (Å²) in [5.74, 6) is 0.0516. The van der Waals surface area contributed by atoms with Gasteiger partial charge in [0.1, 0.15) is 5.69 Å². The minimum Gasteiger partial charge on any atom is -0.292 e. The van der Waals surface area contributed by atoms with Gasteiger partial charge in [0, 0.05) is 17.4 Å². The second-order valence-corrected chi connectivity index (χ2v) is 4.98. The van der Waals surface area contributed by atoms with Crippen molar-refractivity contribution in [1.29, 1.82) is 0 Å². The summed E-state index contributed by atoms with van der Waals surface area (Å²) in [6, 6.07) is 7.75. The molecule has 0 aliphatic rings. The van der Waals surface area contributed by atoms with Crippen LogP contribution in [0.25, 0.3) is 0 Å². The third-order valence-corrected chi connectivity index (χ3v) is 3.15. The van der Waals surface area contributed by atoms with Crippen LogP contribution in [-0.2, 0) is 13.0 Å². The third kappa shape index (κ3) is 3.04. The van der Waals surface area contributed by atoms with Gasteiger partial charge in [-0.1, -0.05) is 40.2 Å². The number of ketones is 1. The van der Waals surface area contributed by atoms with E-state index in [0.29, 0.717) is 12.1 Å². The van der Waals surface area contributed by atoms with Crippen LogP contribution in [0, 0.1) is 0 Å². The molecule has 0 amide bonds. The normalized spacial score (nSPS) is 10.6. The number of carbonyl (C=O) groups excluding carboxylic acids is 1. The zero-order valence-corrected chi connectivity index (χ0v) is 11.7. The summed E-state index contributed by atoms with van der Waals surface area (Å²) in [6.45, 7) is 2.77. The molecule has 0 N–H and O–H groups in total. The molecule has 0 radical (unpaired) electrons. The van der Waals surface area contributed by atoms with E-state index in [4.69, 9.17) is 0 Å².